The summed E-state index contributed by atoms with van der Waals surface area (Å²) >= 11 is 0. The first-order valence-corrected chi connectivity index (χ1v) is 9.44. The molecular weight excluding hydrogens is 371 g/mol. The van der Waals surface area contributed by atoms with Gasteiger partial charge in [0.2, 0.25) is 0 Å². The fraction of sp³-hybridized carbons (Fsp3) is 0.250. The van der Waals surface area contributed by atoms with E-state index in [-0.39, 0.29) is 28.4 Å². The fourth-order valence-electron chi connectivity index (χ4n) is 2.59. The van der Waals surface area contributed by atoms with Crippen LogP contribution < -0.4 is 10.6 Å². The van der Waals surface area contributed by atoms with Crippen LogP contribution >= 0.6 is 0 Å². The molecular formula is C16H14F3N3O3S. The van der Waals surface area contributed by atoms with Gasteiger partial charge in [0, 0.05) is 12.2 Å². The quantitative estimate of drug-likeness (QED) is 0.788. The van der Waals surface area contributed by atoms with Gasteiger partial charge < -0.3 is 10.6 Å². The number of hydrogen-bond donors (Lipinski definition) is 2. The summed E-state index contributed by atoms with van der Waals surface area (Å²) < 4.78 is 62.8. The van der Waals surface area contributed by atoms with Crippen molar-refractivity contribution >= 4 is 27.1 Å². The third-order valence-corrected chi connectivity index (χ3v) is 5.65. The molecule has 1 aromatic heterocycles. The van der Waals surface area contributed by atoms with Crippen LogP contribution in [0, 0.1) is 17.5 Å². The molecule has 0 bridgehead atoms. The number of benzene rings is 1. The second kappa shape index (κ2) is 6.94. The number of carbonyl (C=O) groups is 1. The summed E-state index contributed by atoms with van der Waals surface area (Å²) in [6.45, 7) is 0. The molecule has 138 valence electrons. The van der Waals surface area contributed by atoms with Crippen LogP contribution in [0.1, 0.15) is 16.8 Å². The highest BCUT2D eigenvalue weighted by atomic mass is 32.2. The van der Waals surface area contributed by atoms with Crippen molar-refractivity contribution in [2.24, 2.45) is 0 Å². The van der Waals surface area contributed by atoms with Crippen molar-refractivity contribution in [3.05, 3.63) is 53.6 Å². The minimum Gasteiger partial charge on any atom is -0.352 e. The summed E-state index contributed by atoms with van der Waals surface area (Å²) in [5.41, 5.74) is -0.0194. The van der Waals surface area contributed by atoms with Gasteiger partial charge in [0.25, 0.3) is 5.91 Å². The number of pyridine rings is 1. The summed E-state index contributed by atoms with van der Waals surface area (Å²) in [6.07, 6.45) is 2.86. The number of anilines is 2. The number of rotatable bonds is 4. The number of hydrogen-bond acceptors (Lipinski definition) is 5. The van der Waals surface area contributed by atoms with Gasteiger partial charge in [-0.15, -0.1) is 0 Å². The van der Waals surface area contributed by atoms with Gasteiger partial charge in [-0.2, -0.15) is 0 Å². The number of nitrogens with zero attached hydrogens (tertiary/aromatic N) is 1. The molecule has 0 spiro atoms. The molecule has 6 nitrogen and oxygen atoms in total. The van der Waals surface area contributed by atoms with E-state index in [0.717, 1.165) is 12.1 Å². The van der Waals surface area contributed by atoms with E-state index in [1.54, 1.807) is 0 Å². The highest BCUT2D eigenvalue weighted by molar-refractivity contribution is 7.91. The molecule has 1 saturated heterocycles. The average molecular weight is 385 g/mol. The molecule has 1 unspecified atom stereocenters. The van der Waals surface area contributed by atoms with Crippen molar-refractivity contribution in [3.8, 4) is 0 Å². The maximum atomic E-state index is 13.7. The maximum absolute atomic E-state index is 13.7. The Hall–Kier alpha value is -2.62. The van der Waals surface area contributed by atoms with E-state index in [2.05, 4.69) is 15.6 Å². The van der Waals surface area contributed by atoms with Crippen molar-refractivity contribution in [1.29, 1.82) is 0 Å². The minimum absolute atomic E-state index is 0.0210. The van der Waals surface area contributed by atoms with Crippen molar-refractivity contribution in [2.45, 2.75) is 12.5 Å². The standard InChI is InChI=1S/C16H14F3N3O3S/c17-12-1-2-13(15(19)14(12)18)21-11-5-9(6-20-7-11)16(23)22-10-3-4-26(24,25)8-10/h1-2,5-7,10,21H,3-4,8H2,(H,22,23). The molecule has 26 heavy (non-hydrogen) atoms. The van der Waals surface area contributed by atoms with Gasteiger partial charge in [0.05, 0.1) is 34.6 Å². The zero-order valence-electron chi connectivity index (χ0n) is 13.3. The van der Waals surface area contributed by atoms with Gasteiger partial charge in [-0.1, -0.05) is 0 Å². The van der Waals surface area contributed by atoms with Crippen molar-refractivity contribution in [3.63, 3.8) is 0 Å². The molecule has 1 fully saturated rings. The number of amides is 1. The zero-order chi connectivity index (χ0) is 18.9. The number of carbonyl (C=O) groups excluding carboxylic acids is 1. The van der Waals surface area contributed by atoms with E-state index in [1.165, 1.54) is 18.5 Å². The van der Waals surface area contributed by atoms with Crippen molar-refractivity contribution in [2.75, 3.05) is 16.8 Å². The molecule has 0 aliphatic carbocycles. The normalized spacial score (nSPS) is 18.5. The van der Waals surface area contributed by atoms with Gasteiger partial charge in [0.15, 0.2) is 27.3 Å². The third-order valence-electron chi connectivity index (χ3n) is 3.88. The molecule has 1 aliphatic rings. The van der Waals surface area contributed by atoms with Crippen LogP contribution in [-0.4, -0.2) is 36.9 Å². The minimum atomic E-state index is -3.14. The number of nitrogens with one attached hydrogen (secondary N) is 2. The number of sulfone groups is 1. The van der Waals surface area contributed by atoms with Crippen LogP contribution in [0.5, 0.6) is 0 Å². The lowest BCUT2D eigenvalue weighted by Crippen LogP contribution is -2.35. The van der Waals surface area contributed by atoms with E-state index in [4.69, 9.17) is 0 Å². The molecule has 2 aromatic rings. The fourth-order valence-corrected chi connectivity index (χ4v) is 4.26. The Bertz CT molecular complexity index is 966. The topological polar surface area (TPSA) is 88.2 Å². The van der Waals surface area contributed by atoms with Gasteiger partial charge in [0.1, 0.15) is 0 Å². The SMILES string of the molecule is O=C(NC1CCS(=O)(=O)C1)c1cncc(Nc2ccc(F)c(F)c2F)c1. The predicted molar refractivity (Wildman–Crippen MR) is 88.4 cm³/mol. The Balaban J connectivity index is 1.74. The molecule has 10 heteroatoms. The molecule has 1 aliphatic heterocycles. The molecule has 0 saturated carbocycles. The number of halogens is 3. The van der Waals surface area contributed by atoms with Gasteiger partial charge >= 0.3 is 0 Å². The summed E-state index contributed by atoms with van der Waals surface area (Å²) in [5, 5.41) is 5.12. The van der Waals surface area contributed by atoms with E-state index in [9.17, 15) is 26.4 Å². The summed E-state index contributed by atoms with van der Waals surface area (Å²) in [5.74, 6) is -4.95. The van der Waals surface area contributed by atoms with Crippen LogP contribution in [-0.2, 0) is 9.84 Å². The Kier molecular flexibility index (Phi) is 4.86. The Morgan fingerprint density at radius 1 is 1.15 bits per heavy atom. The third kappa shape index (κ3) is 3.96. The lowest BCUT2D eigenvalue weighted by atomic mass is 10.2. The highest BCUT2D eigenvalue weighted by Crippen LogP contribution is 2.23. The Labute approximate surface area is 147 Å². The Morgan fingerprint density at radius 2 is 1.92 bits per heavy atom. The first-order chi connectivity index (χ1) is 12.2. The van der Waals surface area contributed by atoms with Gasteiger partial charge in [-0.3, -0.25) is 9.78 Å². The first kappa shape index (κ1) is 18.2. The molecule has 1 amide bonds. The van der Waals surface area contributed by atoms with Gasteiger partial charge in [-0.25, -0.2) is 21.6 Å². The monoisotopic (exact) mass is 385 g/mol. The molecule has 0 radical (unpaired) electrons. The number of aromatic nitrogens is 1. The van der Waals surface area contributed by atoms with E-state index >= 15 is 0 Å². The summed E-state index contributed by atoms with van der Waals surface area (Å²) in [4.78, 5) is 16.1. The lowest BCUT2D eigenvalue weighted by Gasteiger charge is -2.12. The summed E-state index contributed by atoms with van der Waals surface area (Å²) in [6, 6.07) is 2.65. The van der Waals surface area contributed by atoms with Crippen LogP contribution in [0.4, 0.5) is 24.5 Å². The van der Waals surface area contributed by atoms with Crippen LogP contribution in [0.2, 0.25) is 0 Å². The van der Waals surface area contributed by atoms with Crippen LogP contribution in [0.25, 0.3) is 0 Å². The molecule has 2 N–H and O–H groups in total. The van der Waals surface area contributed by atoms with Crippen molar-refractivity contribution in [1.82, 2.24) is 10.3 Å². The molecule has 2 heterocycles. The lowest BCUT2D eigenvalue weighted by molar-refractivity contribution is 0.0941. The van der Waals surface area contributed by atoms with E-state index < -0.39 is 39.2 Å². The maximum Gasteiger partial charge on any atom is 0.253 e. The van der Waals surface area contributed by atoms with E-state index in [0.29, 0.717) is 6.42 Å². The van der Waals surface area contributed by atoms with E-state index in [1.807, 2.05) is 0 Å². The predicted octanol–water partition coefficient (Wildman–Crippen LogP) is 2.16. The zero-order valence-corrected chi connectivity index (χ0v) is 14.1. The highest BCUT2D eigenvalue weighted by Gasteiger charge is 2.29. The van der Waals surface area contributed by atoms with Crippen LogP contribution in [0.3, 0.4) is 0 Å². The summed E-state index contributed by atoms with van der Waals surface area (Å²) in [7, 11) is -3.14. The largest absolute Gasteiger partial charge is 0.352 e. The molecule has 3 rings (SSSR count). The average Bonchev–Trinajstić information content (AvgIpc) is 2.94. The Morgan fingerprint density at radius 3 is 2.62 bits per heavy atom. The van der Waals surface area contributed by atoms with Gasteiger partial charge in [-0.05, 0) is 24.6 Å². The van der Waals surface area contributed by atoms with Crippen LogP contribution in [0.15, 0.2) is 30.6 Å². The first-order valence-electron chi connectivity index (χ1n) is 7.62. The molecule has 1 aromatic carbocycles. The smallest absolute Gasteiger partial charge is 0.253 e. The second-order valence-corrected chi connectivity index (χ2v) is 8.11. The van der Waals surface area contributed by atoms with Crippen molar-refractivity contribution < 1.29 is 26.4 Å². The second-order valence-electron chi connectivity index (χ2n) is 5.88. The molecule has 1 atom stereocenters.